The molecule has 3 rings (SSSR count). The molecule has 1 aliphatic carbocycles. The highest BCUT2D eigenvalue weighted by Crippen LogP contribution is 2.52. The van der Waals surface area contributed by atoms with Crippen molar-refractivity contribution in [3.8, 4) is 17.6 Å². The van der Waals surface area contributed by atoms with Crippen molar-refractivity contribution in [3.05, 3.63) is 52.8 Å². The first-order valence-electron chi connectivity index (χ1n) is 8.17. The minimum Gasteiger partial charge on any atom is -0.458 e. The zero-order valence-corrected chi connectivity index (χ0v) is 17.3. The van der Waals surface area contributed by atoms with E-state index in [4.69, 9.17) is 14.7 Å². The van der Waals surface area contributed by atoms with E-state index < -0.39 is 27.7 Å². The number of carbonyl (C=O) groups is 1. The molecular formula is C19H15BrFNO5S. The molecule has 2 atom stereocenters. The molecular weight excluding hydrogens is 453 g/mol. The Morgan fingerprint density at radius 3 is 2.61 bits per heavy atom. The summed E-state index contributed by atoms with van der Waals surface area (Å²) in [6.45, 7) is 1.25. The number of halogens is 2. The molecule has 0 unspecified atom stereocenters. The first kappa shape index (κ1) is 20.3. The standard InChI is InChI=1S/C19H15BrFNO5S/c1-10(23)26-16-8-14(20)18-15(3-4-17(19(16)18)28(2,24)25)27-13-6-11(9-22)5-12(21)7-13/h3-7,14,16H,8H2,1-2H3/t14-,16-/m1/s1. The average molecular weight is 468 g/mol. The van der Waals surface area contributed by atoms with Gasteiger partial charge in [-0.2, -0.15) is 5.26 Å². The molecule has 28 heavy (non-hydrogen) atoms. The van der Waals surface area contributed by atoms with E-state index in [1.165, 1.54) is 25.1 Å². The number of esters is 1. The van der Waals surface area contributed by atoms with Crippen LogP contribution in [0.15, 0.2) is 35.2 Å². The predicted molar refractivity (Wildman–Crippen MR) is 102 cm³/mol. The molecule has 2 aromatic carbocycles. The molecule has 1 aliphatic rings. The van der Waals surface area contributed by atoms with E-state index in [9.17, 15) is 17.6 Å². The van der Waals surface area contributed by atoms with Crippen molar-refractivity contribution in [2.75, 3.05) is 6.26 Å². The number of ether oxygens (including phenoxy) is 2. The molecule has 0 radical (unpaired) electrons. The van der Waals surface area contributed by atoms with Crippen LogP contribution in [0.1, 0.15) is 41.0 Å². The van der Waals surface area contributed by atoms with E-state index in [-0.39, 0.29) is 26.8 Å². The highest BCUT2D eigenvalue weighted by Gasteiger charge is 2.38. The lowest BCUT2D eigenvalue weighted by atomic mass is 10.1. The van der Waals surface area contributed by atoms with E-state index in [0.717, 1.165) is 18.4 Å². The topological polar surface area (TPSA) is 93.5 Å². The molecule has 0 saturated heterocycles. The quantitative estimate of drug-likeness (QED) is 0.490. The van der Waals surface area contributed by atoms with Crippen molar-refractivity contribution in [1.82, 2.24) is 0 Å². The monoisotopic (exact) mass is 467 g/mol. The molecule has 0 amide bonds. The minimum absolute atomic E-state index is 0.0417. The van der Waals surface area contributed by atoms with Gasteiger partial charge < -0.3 is 9.47 Å². The van der Waals surface area contributed by atoms with E-state index in [1.807, 2.05) is 6.07 Å². The number of rotatable bonds is 4. The third kappa shape index (κ3) is 4.03. The van der Waals surface area contributed by atoms with Gasteiger partial charge in [0.05, 0.1) is 16.5 Å². The number of carbonyl (C=O) groups excluding carboxylic acids is 1. The Balaban J connectivity index is 2.15. The first-order valence-corrected chi connectivity index (χ1v) is 11.0. The number of alkyl halides is 1. The van der Waals surface area contributed by atoms with Crippen LogP contribution in [-0.2, 0) is 19.4 Å². The number of sulfone groups is 1. The molecule has 0 fully saturated rings. The molecule has 0 bridgehead atoms. The maximum absolute atomic E-state index is 13.7. The van der Waals surface area contributed by atoms with Gasteiger partial charge in [-0.1, -0.05) is 15.9 Å². The van der Waals surface area contributed by atoms with E-state index in [0.29, 0.717) is 17.5 Å². The summed E-state index contributed by atoms with van der Waals surface area (Å²) in [7, 11) is -3.60. The zero-order valence-electron chi connectivity index (χ0n) is 14.9. The van der Waals surface area contributed by atoms with Crippen molar-refractivity contribution in [3.63, 3.8) is 0 Å². The fraction of sp³-hybridized carbons (Fsp3) is 0.263. The Bertz CT molecular complexity index is 1110. The molecule has 0 saturated carbocycles. The number of benzene rings is 2. The molecule has 0 aromatic heterocycles. The van der Waals surface area contributed by atoms with Gasteiger partial charge in [-0.05, 0) is 24.3 Å². The maximum Gasteiger partial charge on any atom is 0.303 e. The van der Waals surface area contributed by atoms with Crippen molar-refractivity contribution in [2.45, 2.75) is 29.2 Å². The molecule has 9 heteroatoms. The second-order valence-electron chi connectivity index (χ2n) is 6.35. The number of fused-ring (bicyclic) bond motifs is 1. The summed E-state index contributed by atoms with van der Waals surface area (Å²) in [4.78, 5) is 11.2. The van der Waals surface area contributed by atoms with Gasteiger partial charge in [0, 0.05) is 41.6 Å². The fourth-order valence-corrected chi connectivity index (χ4v) is 4.98. The SMILES string of the molecule is CC(=O)O[C@@H]1C[C@@H](Br)c2c(Oc3cc(F)cc(C#N)c3)ccc(S(C)(=O)=O)c21. The van der Waals surface area contributed by atoms with Crippen LogP contribution >= 0.6 is 15.9 Å². The second-order valence-corrected chi connectivity index (χ2v) is 9.44. The summed E-state index contributed by atoms with van der Waals surface area (Å²) in [5, 5.41) is 9.00. The maximum atomic E-state index is 13.7. The Morgan fingerprint density at radius 2 is 2.00 bits per heavy atom. The molecule has 146 valence electrons. The number of nitriles is 1. The van der Waals surface area contributed by atoms with Crippen LogP contribution in [0.4, 0.5) is 4.39 Å². The number of hydrogen-bond donors (Lipinski definition) is 0. The third-order valence-electron chi connectivity index (χ3n) is 4.20. The lowest BCUT2D eigenvalue weighted by molar-refractivity contribution is -0.146. The Kier molecular flexibility index (Phi) is 5.46. The highest BCUT2D eigenvalue weighted by atomic mass is 79.9. The van der Waals surface area contributed by atoms with Gasteiger partial charge in [0.15, 0.2) is 9.84 Å². The summed E-state index contributed by atoms with van der Waals surface area (Å²) in [5.74, 6) is -0.784. The van der Waals surface area contributed by atoms with Gasteiger partial charge in [-0.3, -0.25) is 4.79 Å². The van der Waals surface area contributed by atoms with Crippen LogP contribution in [0.5, 0.6) is 11.5 Å². The van der Waals surface area contributed by atoms with Crippen LogP contribution in [0.25, 0.3) is 0 Å². The van der Waals surface area contributed by atoms with Crippen LogP contribution in [-0.4, -0.2) is 20.6 Å². The van der Waals surface area contributed by atoms with E-state index in [2.05, 4.69) is 15.9 Å². The van der Waals surface area contributed by atoms with Gasteiger partial charge in [0.1, 0.15) is 23.4 Å². The zero-order chi connectivity index (χ0) is 20.6. The smallest absolute Gasteiger partial charge is 0.303 e. The largest absolute Gasteiger partial charge is 0.458 e. The average Bonchev–Trinajstić information content (AvgIpc) is 2.89. The van der Waals surface area contributed by atoms with Crippen LogP contribution in [0.3, 0.4) is 0 Å². The molecule has 0 aliphatic heterocycles. The van der Waals surface area contributed by atoms with Crippen molar-refractivity contribution < 1.29 is 27.1 Å². The lowest BCUT2D eigenvalue weighted by Crippen LogP contribution is -2.10. The van der Waals surface area contributed by atoms with E-state index >= 15 is 0 Å². The van der Waals surface area contributed by atoms with E-state index in [1.54, 1.807) is 0 Å². The van der Waals surface area contributed by atoms with Gasteiger partial charge in [-0.25, -0.2) is 12.8 Å². The van der Waals surface area contributed by atoms with Gasteiger partial charge in [-0.15, -0.1) is 0 Å². The van der Waals surface area contributed by atoms with Gasteiger partial charge >= 0.3 is 5.97 Å². The third-order valence-corrected chi connectivity index (χ3v) is 6.19. The Hall–Kier alpha value is -2.44. The van der Waals surface area contributed by atoms with Crippen molar-refractivity contribution in [2.24, 2.45) is 0 Å². The van der Waals surface area contributed by atoms with Crippen molar-refractivity contribution >= 4 is 31.7 Å². The van der Waals surface area contributed by atoms with Crippen LogP contribution in [0, 0.1) is 17.1 Å². The predicted octanol–water partition coefficient (Wildman–Crippen LogP) is 4.34. The summed E-state index contributed by atoms with van der Waals surface area (Å²) < 4.78 is 49.3. The number of hydrogen-bond acceptors (Lipinski definition) is 6. The summed E-state index contributed by atoms with van der Waals surface area (Å²) in [6.07, 6.45) is 0.637. The lowest BCUT2D eigenvalue weighted by Gasteiger charge is -2.17. The molecule has 6 nitrogen and oxygen atoms in total. The fourth-order valence-electron chi connectivity index (χ4n) is 3.21. The van der Waals surface area contributed by atoms with Gasteiger partial charge in [0.2, 0.25) is 0 Å². The summed E-state index contributed by atoms with van der Waals surface area (Å²) >= 11 is 3.48. The highest BCUT2D eigenvalue weighted by molar-refractivity contribution is 9.09. The van der Waals surface area contributed by atoms with Crippen molar-refractivity contribution in [1.29, 1.82) is 5.26 Å². The summed E-state index contributed by atoms with van der Waals surface area (Å²) in [6, 6.07) is 8.26. The molecule has 2 aromatic rings. The molecule has 0 N–H and O–H groups in total. The van der Waals surface area contributed by atoms with Crippen LogP contribution < -0.4 is 4.74 Å². The van der Waals surface area contributed by atoms with Gasteiger partial charge in [0.25, 0.3) is 0 Å². The van der Waals surface area contributed by atoms with Crippen LogP contribution in [0.2, 0.25) is 0 Å². The molecule has 0 spiro atoms. The number of nitrogens with zero attached hydrogens (tertiary/aromatic N) is 1. The molecule has 0 heterocycles. The Morgan fingerprint density at radius 1 is 1.29 bits per heavy atom. The normalized spacial score (nSPS) is 18.2. The summed E-state index contributed by atoms with van der Waals surface area (Å²) in [5.41, 5.74) is 0.943. The second kappa shape index (κ2) is 7.53. The minimum atomic E-state index is -3.60. The first-order chi connectivity index (χ1) is 13.1. The Labute approximate surface area is 169 Å².